The third-order valence-corrected chi connectivity index (χ3v) is 7.09. The van der Waals surface area contributed by atoms with E-state index < -0.39 is 23.4 Å². The number of ether oxygens (including phenoxy) is 2. The van der Waals surface area contributed by atoms with Crippen LogP contribution < -0.4 is 0 Å². The van der Waals surface area contributed by atoms with Gasteiger partial charge in [0.2, 0.25) is 0 Å². The van der Waals surface area contributed by atoms with Gasteiger partial charge >= 0.3 is 12.2 Å². The molecule has 0 spiro atoms. The quantitative estimate of drug-likeness (QED) is 0.364. The second-order valence-electron chi connectivity index (χ2n) is 12.9. The first-order valence-corrected chi connectivity index (χ1v) is 13.6. The first kappa shape index (κ1) is 27.1. The number of fused-ring (bicyclic) bond motifs is 1. The zero-order valence-corrected chi connectivity index (χ0v) is 23.8. The molecule has 0 saturated heterocycles. The van der Waals surface area contributed by atoms with Crippen molar-refractivity contribution in [1.29, 1.82) is 0 Å². The summed E-state index contributed by atoms with van der Waals surface area (Å²) in [6.45, 7) is 10.8. The van der Waals surface area contributed by atoms with Gasteiger partial charge in [-0.1, -0.05) is 0 Å². The molecule has 39 heavy (non-hydrogen) atoms. The molecule has 0 aromatic carbocycles. The molecule has 9 nitrogen and oxygen atoms in total. The molecule has 10 heteroatoms. The van der Waals surface area contributed by atoms with Gasteiger partial charge < -0.3 is 14.0 Å². The lowest BCUT2D eigenvalue weighted by atomic mass is 9.80. The van der Waals surface area contributed by atoms with Gasteiger partial charge in [-0.05, 0) is 79.2 Å². The fourth-order valence-corrected chi connectivity index (χ4v) is 5.10. The second-order valence-corrected chi connectivity index (χ2v) is 12.9. The monoisotopic (exact) mass is 539 g/mol. The Morgan fingerprint density at radius 1 is 1.08 bits per heavy atom. The van der Waals surface area contributed by atoms with Crippen LogP contribution in [0, 0.1) is 11.7 Å². The van der Waals surface area contributed by atoms with Crippen LogP contribution in [0.4, 0.5) is 14.0 Å². The van der Waals surface area contributed by atoms with E-state index in [4.69, 9.17) is 14.6 Å². The van der Waals surface area contributed by atoms with Crippen LogP contribution in [0.3, 0.4) is 0 Å². The number of carbonyl (C=O) groups excluding carboxylic acids is 2. The Bertz CT molecular complexity index is 1380. The molecule has 210 valence electrons. The summed E-state index contributed by atoms with van der Waals surface area (Å²) < 4.78 is 29.3. The topological polar surface area (TPSA) is 91.5 Å². The number of carbonyl (C=O) groups is 2. The molecule has 0 bridgehead atoms. The van der Waals surface area contributed by atoms with Crippen molar-refractivity contribution >= 4 is 23.1 Å². The van der Waals surface area contributed by atoms with E-state index in [0.717, 1.165) is 52.9 Å². The molecule has 3 aromatic heterocycles. The lowest BCUT2D eigenvalue weighted by Crippen LogP contribution is -2.47. The van der Waals surface area contributed by atoms with Crippen molar-refractivity contribution in [2.45, 2.75) is 90.4 Å². The third kappa shape index (κ3) is 5.79. The Balaban J connectivity index is 1.34. The number of halogens is 1. The van der Waals surface area contributed by atoms with Crippen LogP contribution >= 0.6 is 0 Å². The van der Waals surface area contributed by atoms with Crippen molar-refractivity contribution in [3.05, 3.63) is 36.2 Å². The van der Waals surface area contributed by atoms with Crippen molar-refractivity contribution in [2.24, 2.45) is 13.0 Å². The maximum Gasteiger partial charge on any atom is 0.419 e. The highest BCUT2D eigenvalue weighted by molar-refractivity contribution is 5.94. The molecule has 2 saturated carbocycles. The predicted molar refractivity (Wildman–Crippen MR) is 145 cm³/mol. The molecule has 0 aliphatic heterocycles. The number of hydrogen-bond donors (Lipinski definition) is 0. The molecular weight excluding hydrogens is 501 g/mol. The first-order chi connectivity index (χ1) is 18.2. The van der Waals surface area contributed by atoms with Crippen molar-refractivity contribution in [3.63, 3.8) is 0 Å². The fraction of sp³-hybridized carbons (Fsp3) is 0.586. The summed E-state index contributed by atoms with van der Waals surface area (Å²) in [4.78, 5) is 31.3. The molecule has 3 heterocycles. The molecular formula is C29H38FN5O4. The smallest absolute Gasteiger partial charge is 0.419 e. The van der Waals surface area contributed by atoms with Crippen LogP contribution in [0.2, 0.25) is 0 Å². The Morgan fingerprint density at radius 2 is 1.69 bits per heavy atom. The summed E-state index contributed by atoms with van der Waals surface area (Å²) >= 11 is 0. The van der Waals surface area contributed by atoms with E-state index >= 15 is 0 Å². The Kier molecular flexibility index (Phi) is 6.71. The fourth-order valence-electron chi connectivity index (χ4n) is 5.10. The third-order valence-electron chi connectivity index (χ3n) is 7.09. The maximum atomic E-state index is 14.5. The molecule has 2 amide bonds. The van der Waals surface area contributed by atoms with E-state index in [-0.39, 0.29) is 24.3 Å². The molecule has 0 radical (unpaired) electrons. The first-order valence-electron chi connectivity index (χ1n) is 13.6. The maximum absolute atomic E-state index is 14.5. The van der Waals surface area contributed by atoms with Gasteiger partial charge in [-0.25, -0.2) is 18.9 Å². The van der Waals surface area contributed by atoms with Crippen LogP contribution in [0.15, 0.2) is 24.7 Å². The SMILES string of the molecule is Cn1ccc2c(-c3cn(C4CC(CN(C(=O)OC(C)(C)C)C(=O)OC(C)(C)C)C4)nc3C3CC3)ncc(F)c21. The highest BCUT2D eigenvalue weighted by Gasteiger charge is 2.40. The minimum absolute atomic E-state index is 0.0943. The standard InChI is InChI=1S/C29H38FN5O4/c1-28(2,3)38-26(36)34(27(37)39-29(4,5)6)15-17-12-19(13-17)35-16-21(23(32-35)18-8-9-18)24-20-10-11-33(7)25(20)22(30)14-31-24/h10-11,14,16-19H,8-9,12-13,15H2,1-7H3. The number of aromatic nitrogens is 4. The summed E-state index contributed by atoms with van der Waals surface area (Å²) in [6.07, 6.45) is 7.43. The largest absolute Gasteiger partial charge is 0.443 e. The molecule has 0 atom stereocenters. The van der Waals surface area contributed by atoms with Crippen LogP contribution in [0.5, 0.6) is 0 Å². The van der Waals surface area contributed by atoms with Crippen LogP contribution in [0.25, 0.3) is 22.2 Å². The van der Waals surface area contributed by atoms with Gasteiger partial charge in [-0.2, -0.15) is 5.10 Å². The Hall–Kier alpha value is -3.43. The minimum atomic E-state index is -0.733. The number of amides is 2. The molecule has 5 rings (SSSR count). The van der Waals surface area contributed by atoms with Gasteiger partial charge in [0.1, 0.15) is 11.2 Å². The van der Waals surface area contributed by atoms with E-state index in [0.29, 0.717) is 11.4 Å². The van der Waals surface area contributed by atoms with Crippen molar-refractivity contribution in [1.82, 2.24) is 24.2 Å². The number of aryl methyl sites for hydroxylation is 1. The minimum Gasteiger partial charge on any atom is -0.443 e. The summed E-state index contributed by atoms with van der Waals surface area (Å²) in [5.41, 5.74) is 1.76. The van der Waals surface area contributed by atoms with Gasteiger partial charge in [-0.15, -0.1) is 0 Å². The van der Waals surface area contributed by atoms with Gasteiger partial charge in [0, 0.05) is 42.9 Å². The Labute approximate surface area is 228 Å². The highest BCUT2D eigenvalue weighted by Crippen LogP contribution is 2.46. The number of imide groups is 1. The summed E-state index contributed by atoms with van der Waals surface area (Å²) in [5, 5.41) is 5.74. The molecule has 2 aliphatic carbocycles. The summed E-state index contributed by atoms with van der Waals surface area (Å²) in [5.74, 6) is 0.136. The number of hydrogen-bond acceptors (Lipinski definition) is 6. The molecule has 2 fully saturated rings. The second kappa shape index (κ2) is 9.64. The van der Waals surface area contributed by atoms with Gasteiger partial charge in [0.05, 0.1) is 29.1 Å². The van der Waals surface area contributed by atoms with E-state index in [1.165, 1.54) is 6.20 Å². The van der Waals surface area contributed by atoms with E-state index in [1.54, 1.807) is 46.1 Å². The number of nitrogens with zero attached hydrogens (tertiary/aromatic N) is 5. The predicted octanol–water partition coefficient (Wildman–Crippen LogP) is 6.58. The van der Waals surface area contributed by atoms with Crippen LogP contribution in [-0.4, -0.2) is 54.2 Å². The van der Waals surface area contributed by atoms with Gasteiger partial charge in [0.15, 0.2) is 5.82 Å². The van der Waals surface area contributed by atoms with E-state index in [9.17, 15) is 14.0 Å². The molecule has 0 N–H and O–H groups in total. The summed E-state index contributed by atoms with van der Waals surface area (Å²) in [6, 6.07) is 2.03. The average molecular weight is 540 g/mol. The van der Waals surface area contributed by atoms with Crippen molar-refractivity contribution in [3.8, 4) is 11.3 Å². The van der Waals surface area contributed by atoms with E-state index in [1.807, 2.05) is 30.2 Å². The lowest BCUT2D eigenvalue weighted by molar-refractivity contribution is -0.00641. The van der Waals surface area contributed by atoms with Crippen LogP contribution in [-0.2, 0) is 16.5 Å². The molecule has 2 aliphatic rings. The molecule has 3 aromatic rings. The molecule has 0 unspecified atom stereocenters. The van der Waals surface area contributed by atoms with E-state index in [2.05, 4.69) is 4.98 Å². The van der Waals surface area contributed by atoms with Crippen molar-refractivity contribution < 1.29 is 23.5 Å². The van der Waals surface area contributed by atoms with Gasteiger partial charge in [0.25, 0.3) is 0 Å². The van der Waals surface area contributed by atoms with Crippen LogP contribution in [0.1, 0.15) is 84.9 Å². The number of pyridine rings is 1. The number of rotatable bonds is 5. The highest BCUT2D eigenvalue weighted by atomic mass is 19.1. The lowest BCUT2D eigenvalue weighted by Gasteiger charge is -2.38. The Morgan fingerprint density at radius 3 is 2.26 bits per heavy atom. The normalized spacial score (nSPS) is 19.6. The summed E-state index contributed by atoms with van der Waals surface area (Å²) in [7, 11) is 1.83. The van der Waals surface area contributed by atoms with Gasteiger partial charge in [-0.3, -0.25) is 9.67 Å². The zero-order chi connectivity index (χ0) is 28.3. The van der Waals surface area contributed by atoms with Crippen molar-refractivity contribution in [2.75, 3.05) is 6.54 Å². The zero-order valence-electron chi connectivity index (χ0n) is 23.8. The average Bonchev–Trinajstić information content (AvgIpc) is 3.41.